The van der Waals surface area contributed by atoms with Crippen LogP contribution in [-0.2, 0) is 9.53 Å². The van der Waals surface area contributed by atoms with Crippen LogP contribution < -0.4 is 10.4 Å². The normalized spacial score (nSPS) is 27.0. The van der Waals surface area contributed by atoms with Gasteiger partial charge in [0, 0.05) is 30.9 Å². The number of rotatable bonds is 4. The number of aromatic nitrogens is 2. The van der Waals surface area contributed by atoms with E-state index in [1.807, 2.05) is 11.8 Å². The van der Waals surface area contributed by atoms with Gasteiger partial charge in [0.1, 0.15) is 0 Å². The van der Waals surface area contributed by atoms with Crippen LogP contribution >= 0.6 is 0 Å². The van der Waals surface area contributed by atoms with E-state index in [4.69, 9.17) is 14.8 Å². The lowest BCUT2D eigenvalue weighted by atomic mass is 9.83. The third-order valence-corrected chi connectivity index (χ3v) is 4.37. The van der Waals surface area contributed by atoms with Crippen molar-refractivity contribution in [3.63, 3.8) is 0 Å². The number of ether oxygens (including phenoxy) is 1. The molecule has 2 aliphatic rings. The lowest BCUT2D eigenvalue weighted by molar-refractivity contribution is -0.150. The highest BCUT2D eigenvalue weighted by atomic mass is 16.5. The summed E-state index contributed by atoms with van der Waals surface area (Å²) in [5.41, 5.74) is -0.146. The fourth-order valence-corrected chi connectivity index (χ4v) is 3.07. The van der Waals surface area contributed by atoms with Gasteiger partial charge in [0.25, 0.3) is 0 Å². The van der Waals surface area contributed by atoms with Crippen LogP contribution in [0.15, 0.2) is 12.4 Å². The molecule has 2 fully saturated rings. The van der Waals surface area contributed by atoms with Gasteiger partial charge in [-0.25, -0.2) is 9.97 Å². The van der Waals surface area contributed by atoms with Crippen molar-refractivity contribution < 1.29 is 19.6 Å². The van der Waals surface area contributed by atoms with E-state index in [9.17, 15) is 4.79 Å². The van der Waals surface area contributed by atoms with Gasteiger partial charge in [-0.2, -0.15) is 0 Å². The minimum atomic E-state index is -1.57. The van der Waals surface area contributed by atoms with Gasteiger partial charge in [-0.05, 0) is 25.7 Å². The van der Waals surface area contributed by atoms with E-state index in [2.05, 4.69) is 9.97 Å². The third kappa shape index (κ3) is 2.49. The average molecular weight is 291 g/mol. The van der Waals surface area contributed by atoms with Crippen molar-refractivity contribution in [2.75, 3.05) is 24.6 Å². The highest BCUT2D eigenvalue weighted by molar-refractivity contribution is 6.58. The first-order valence-electron chi connectivity index (χ1n) is 7.17. The number of fused-ring (bicyclic) bond motifs is 1. The summed E-state index contributed by atoms with van der Waals surface area (Å²) in [6, 6.07) is 0. The van der Waals surface area contributed by atoms with E-state index < -0.39 is 12.5 Å². The third-order valence-electron chi connectivity index (χ3n) is 4.37. The maximum atomic E-state index is 12.1. The van der Waals surface area contributed by atoms with Gasteiger partial charge >= 0.3 is 13.1 Å². The maximum absolute atomic E-state index is 12.1. The first-order valence-corrected chi connectivity index (χ1v) is 7.17. The monoisotopic (exact) mass is 291 g/mol. The van der Waals surface area contributed by atoms with Crippen molar-refractivity contribution in [1.29, 1.82) is 0 Å². The van der Waals surface area contributed by atoms with Crippen LogP contribution in [0.4, 0.5) is 5.95 Å². The van der Waals surface area contributed by atoms with Crippen LogP contribution in [0, 0.1) is 11.3 Å². The fraction of sp³-hybridized carbons (Fsp3) is 0.615. The molecule has 1 saturated heterocycles. The molecule has 2 unspecified atom stereocenters. The second-order valence-corrected chi connectivity index (χ2v) is 5.68. The first kappa shape index (κ1) is 14.3. The lowest BCUT2D eigenvalue weighted by Crippen LogP contribution is -2.42. The van der Waals surface area contributed by atoms with E-state index in [1.165, 1.54) is 12.4 Å². The molecule has 0 aromatic carbocycles. The Balaban J connectivity index is 1.73. The summed E-state index contributed by atoms with van der Waals surface area (Å²) in [5, 5.41) is 18.1. The smallest absolute Gasteiger partial charge is 0.466 e. The minimum Gasteiger partial charge on any atom is -0.466 e. The molecule has 112 valence electrons. The molecule has 1 aliphatic heterocycles. The quantitative estimate of drug-likeness (QED) is 0.539. The van der Waals surface area contributed by atoms with Crippen LogP contribution in [0.1, 0.15) is 19.8 Å². The molecular formula is C13H18BN3O4. The number of piperidine rings is 1. The Morgan fingerprint density at radius 2 is 2.24 bits per heavy atom. The molecule has 0 spiro atoms. The zero-order valence-electron chi connectivity index (χ0n) is 11.9. The van der Waals surface area contributed by atoms with Gasteiger partial charge in [0.05, 0.1) is 12.0 Å². The van der Waals surface area contributed by atoms with E-state index in [-0.39, 0.29) is 11.4 Å². The zero-order valence-corrected chi connectivity index (χ0v) is 11.9. The number of anilines is 1. The van der Waals surface area contributed by atoms with Gasteiger partial charge in [0.2, 0.25) is 5.95 Å². The van der Waals surface area contributed by atoms with Gasteiger partial charge in [0.15, 0.2) is 0 Å². The van der Waals surface area contributed by atoms with Crippen LogP contribution in [0.25, 0.3) is 0 Å². The van der Waals surface area contributed by atoms with E-state index in [1.54, 1.807) is 0 Å². The lowest BCUT2D eigenvalue weighted by Gasteiger charge is -2.31. The Morgan fingerprint density at radius 3 is 2.86 bits per heavy atom. The van der Waals surface area contributed by atoms with E-state index in [0.29, 0.717) is 25.0 Å². The van der Waals surface area contributed by atoms with Crippen LogP contribution in [0.3, 0.4) is 0 Å². The molecule has 8 heteroatoms. The number of hydrogen-bond donors (Lipinski definition) is 2. The van der Waals surface area contributed by atoms with Crippen molar-refractivity contribution in [2.45, 2.75) is 19.8 Å². The summed E-state index contributed by atoms with van der Waals surface area (Å²) in [6.07, 6.45) is 4.58. The summed E-state index contributed by atoms with van der Waals surface area (Å²) in [4.78, 5) is 22.4. The molecular weight excluding hydrogens is 273 g/mol. The van der Waals surface area contributed by atoms with Crippen molar-refractivity contribution in [1.82, 2.24) is 9.97 Å². The predicted octanol–water partition coefficient (Wildman–Crippen LogP) is -1.06. The number of carbonyl (C=O) groups is 1. The topological polar surface area (TPSA) is 95.8 Å². The molecule has 3 rings (SSSR count). The molecule has 0 radical (unpaired) electrons. The first-order chi connectivity index (χ1) is 10.1. The molecule has 7 nitrogen and oxygen atoms in total. The Kier molecular flexibility index (Phi) is 3.58. The Morgan fingerprint density at radius 1 is 1.52 bits per heavy atom. The number of nitrogens with zero attached hydrogens (tertiary/aromatic N) is 3. The molecule has 1 aromatic rings. The van der Waals surface area contributed by atoms with Crippen LogP contribution in [-0.4, -0.2) is 52.8 Å². The maximum Gasteiger partial charge on any atom is 0.491 e. The second kappa shape index (κ2) is 5.27. The molecule has 1 aliphatic carbocycles. The highest BCUT2D eigenvalue weighted by Crippen LogP contribution is 2.58. The molecule has 2 atom stereocenters. The van der Waals surface area contributed by atoms with Crippen LogP contribution in [0.2, 0.25) is 0 Å². The highest BCUT2D eigenvalue weighted by Gasteiger charge is 2.63. The van der Waals surface area contributed by atoms with Gasteiger partial charge in [-0.15, -0.1) is 0 Å². The van der Waals surface area contributed by atoms with E-state index >= 15 is 0 Å². The molecule has 0 amide bonds. The molecule has 2 N–H and O–H groups in total. The summed E-state index contributed by atoms with van der Waals surface area (Å²) >= 11 is 0. The Labute approximate surface area is 123 Å². The van der Waals surface area contributed by atoms with E-state index in [0.717, 1.165) is 19.4 Å². The van der Waals surface area contributed by atoms with Crippen molar-refractivity contribution >= 4 is 24.5 Å². The number of carbonyl (C=O) groups excluding carboxylic acids is 1. The van der Waals surface area contributed by atoms with Gasteiger partial charge in [-0.3, -0.25) is 4.79 Å². The predicted molar refractivity (Wildman–Crippen MR) is 75.9 cm³/mol. The van der Waals surface area contributed by atoms with Gasteiger partial charge < -0.3 is 19.7 Å². The van der Waals surface area contributed by atoms with Crippen LogP contribution in [0.5, 0.6) is 0 Å². The van der Waals surface area contributed by atoms with Crippen molar-refractivity contribution in [2.24, 2.45) is 11.3 Å². The minimum absolute atomic E-state index is 0.123. The number of hydrogen-bond acceptors (Lipinski definition) is 7. The van der Waals surface area contributed by atoms with Gasteiger partial charge in [-0.1, -0.05) is 0 Å². The SMILES string of the molecule is CCOC(=O)C12CC1CCN(c1ncc(B(O)O)cn1)C2. The second-order valence-electron chi connectivity index (χ2n) is 5.68. The summed E-state index contributed by atoms with van der Waals surface area (Å²) < 4.78 is 5.19. The molecule has 1 aromatic heterocycles. The largest absolute Gasteiger partial charge is 0.491 e. The van der Waals surface area contributed by atoms with Crippen molar-refractivity contribution in [3.05, 3.63) is 12.4 Å². The number of esters is 1. The molecule has 21 heavy (non-hydrogen) atoms. The standard InChI is InChI=1S/C13H18BN3O4/c1-2-21-11(18)13-5-9(13)3-4-17(8-13)12-15-6-10(7-16-12)14(19)20/h6-7,9,19-20H,2-5,8H2,1H3. The zero-order chi connectivity index (χ0) is 15.0. The van der Waals surface area contributed by atoms with Crippen molar-refractivity contribution in [3.8, 4) is 0 Å². The molecule has 1 saturated carbocycles. The summed E-state index contributed by atoms with van der Waals surface area (Å²) in [5.74, 6) is 0.793. The Bertz CT molecular complexity index is 539. The Hall–Kier alpha value is -1.67. The molecule has 0 bridgehead atoms. The average Bonchev–Trinajstić information content (AvgIpc) is 3.22. The molecule has 2 heterocycles. The summed E-state index contributed by atoms with van der Waals surface area (Å²) in [6.45, 7) is 3.58. The summed E-state index contributed by atoms with van der Waals surface area (Å²) in [7, 11) is -1.57. The fourth-order valence-electron chi connectivity index (χ4n) is 3.07.